The average Bonchev–Trinajstić information content (AvgIpc) is 2.53. The van der Waals surface area contributed by atoms with Gasteiger partial charge in [0.1, 0.15) is 5.82 Å². The Hall–Kier alpha value is -2.87. The summed E-state index contributed by atoms with van der Waals surface area (Å²) in [5.41, 5.74) is 1.93. The maximum absolute atomic E-state index is 12.1. The molecule has 1 aromatic heterocycles. The van der Waals surface area contributed by atoms with Crippen LogP contribution in [0.3, 0.4) is 0 Å². The third-order valence-corrected chi connectivity index (χ3v) is 2.98. The molecule has 5 nitrogen and oxygen atoms in total. The van der Waals surface area contributed by atoms with Crippen LogP contribution >= 0.6 is 0 Å². The minimum atomic E-state index is -0.199. The molecule has 0 spiro atoms. The van der Waals surface area contributed by atoms with Crippen molar-refractivity contribution in [2.75, 3.05) is 19.0 Å². The SMILES string of the molecule is CN(C)c1cc(CNC(=O)c2cccc(C#N)c2)ccn1. The van der Waals surface area contributed by atoms with Gasteiger partial charge < -0.3 is 10.2 Å². The first-order valence-electron chi connectivity index (χ1n) is 6.51. The van der Waals surface area contributed by atoms with Crippen molar-refractivity contribution in [1.29, 1.82) is 5.26 Å². The summed E-state index contributed by atoms with van der Waals surface area (Å²) in [6.45, 7) is 0.416. The summed E-state index contributed by atoms with van der Waals surface area (Å²) in [6, 6.07) is 12.4. The molecule has 1 N–H and O–H groups in total. The number of anilines is 1. The lowest BCUT2D eigenvalue weighted by Gasteiger charge is -2.12. The van der Waals surface area contributed by atoms with Gasteiger partial charge in [-0.15, -0.1) is 0 Å². The van der Waals surface area contributed by atoms with Gasteiger partial charge in [0.15, 0.2) is 0 Å². The van der Waals surface area contributed by atoms with Gasteiger partial charge >= 0.3 is 0 Å². The monoisotopic (exact) mass is 280 g/mol. The molecule has 106 valence electrons. The Kier molecular flexibility index (Phi) is 4.52. The quantitative estimate of drug-likeness (QED) is 0.929. The zero-order valence-electron chi connectivity index (χ0n) is 12.0. The Morgan fingerprint density at radius 3 is 2.86 bits per heavy atom. The number of nitrogens with zero attached hydrogens (tertiary/aromatic N) is 3. The van der Waals surface area contributed by atoms with Gasteiger partial charge in [0.25, 0.3) is 5.91 Å². The number of nitriles is 1. The molecule has 1 aromatic carbocycles. The van der Waals surface area contributed by atoms with Gasteiger partial charge in [-0.3, -0.25) is 4.79 Å². The topological polar surface area (TPSA) is 69.0 Å². The predicted octanol–water partition coefficient (Wildman–Crippen LogP) is 1.95. The first-order valence-corrected chi connectivity index (χ1v) is 6.51. The lowest BCUT2D eigenvalue weighted by atomic mass is 10.1. The van der Waals surface area contributed by atoms with Crippen molar-refractivity contribution < 1.29 is 4.79 Å². The number of carbonyl (C=O) groups is 1. The molecule has 2 rings (SSSR count). The molecule has 21 heavy (non-hydrogen) atoms. The normalized spacial score (nSPS) is 9.76. The molecule has 0 saturated carbocycles. The van der Waals surface area contributed by atoms with Gasteiger partial charge in [0, 0.05) is 32.4 Å². The van der Waals surface area contributed by atoms with E-state index in [2.05, 4.69) is 10.3 Å². The number of rotatable bonds is 4. The van der Waals surface area contributed by atoms with Crippen molar-refractivity contribution >= 4 is 11.7 Å². The molecule has 0 saturated heterocycles. The molecule has 0 aliphatic carbocycles. The predicted molar refractivity (Wildman–Crippen MR) is 80.9 cm³/mol. The summed E-state index contributed by atoms with van der Waals surface area (Å²) < 4.78 is 0. The highest BCUT2D eigenvalue weighted by atomic mass is 16.1. The van der Waals surface area contributed by atoms with Gasteiger partial charge in [-0.2, -0.15) is 5.26 Å². The first-order chi connectivity index (χ1) is 10.1. The van der Waals surface area contributed by atoms with Gasteiger partial charge in [0.05, 0.1) is 11.6 Å². The number of amides is 1. The number of aromatic nitrogens is 1. The van der Waals surface area contributed by atoms with Crippen LogP contribution in [0, 0.1) is 11.3 Å². The number of hydrogen-bond acceptors (Lipinski definition) is 4. The van der Waals surface area contributed by atoms with E-state index in [9.17, 15) is 4.79 Å². The molecular weight excluding hydrogens is 264 g/mol. The maximum Gasteiger partial charge on any atom is 0.251 e. The van der Waals surface area contributed by atoms with E-state index < -0.39 is 0 Å². The van der Waals surface area contributed by atoms with Crippen molar-refractivity contribution in [3.8, 4) is 6.07 Å². The Labute approximate surface area is 123 Å². The summed E-state index contributed by atoms with van der Waals surface area (Å²) in [4.78, 5) is 18.2. The van der Waals surface area contributed by atoms with E-state index in [1.54, 1.807) is 30.5 Å². The van der Waals surface area contributed by atoms with E-state index in [4.69, 9.17) is 5.26 Å². The first kappa shape index (κ1) is 14.5. The van der Waals surface area contributed by atoms with Crippen LogP contribution in [-0.4, -0.2) is 25.0 Å². The highest BCUT2D eigenvalue weighted by Gasteiger charge is 2.06. The summed E-state index contributed by atoms with van der Waals surface area (Å²) in [7, 11) is 3.83. The van der Waals surface area contributed by atoms with E-state index >= 15 is 0 Å². The highest BCUT2D eigenvalue weighted by molar-refractivity contribution is 5.94. The molecule has 1 amide bonds. The van der Waals surface area contributed by atoms with Crippen LogP contribution in [0.15, 0.2) is 42.6 Å². The molecule has 1 heterocycles. The summed E-state index contributed by atoms with van der Waals surface area (Å²) in [5.74, 6) is 0.642. The zero-order valence-corrected chi connectivity index (χ0v) is 12.0. The van der Waals surface area contributed by atoms with Gasteiger partial charge in [0.2, 0.25) is 0 Å². The largest absolute Gasteiger partial charge is 0.363 e. The van der Waals surface area contributed by atoms with Crippen molar-refractivity contribution in [2.24, 2.45) is 0 Å². The number of hydrogen-bond donors (Lipinski definition) is 1. The van der Waals surface area contributed by atoms with Gasteiger partial charge in [-0.05, 0) is 35.9 Å². The van der Waals surface area contributed by atoms with Crippen LogP contribution in [0.5, 0.6) is 0 Å². The van der Waals surface area contributed by atoms with Crippen LogP contribution in [0.2, 0.25) is 0 Å². The smallest absolute Gasteiger partial charge is 0.251 e. The van der Waals surface area contributed by atoms with Crippen molar-refractivity contribution in [3.63, 3.8) is 0 Å². The second kappa shape index (κ2) is 6.53. The van der Waals surface area contributed by atoms with Crippen LogP contribution in [0.25, 0.3) is 0 Å². The lowest BCUT2D eigenvalue weighted by molar-refractivity contribution is 0.0951. The molecule has 0 radical (unpaired) electrons. The molecule has 0 aliphatic rings. The van der Waals surface area contributed by atoms with Crippen LogP contribution in [-0.2, 0) is 6.54 Å². The van der Waals surface area contributed by atoms with Crippen LogP contribution in [0.4, 0.5) is 5.82 Å². The molecule has 0 unspecified atom stereocenters. The Bertz CT molecular complexity index is 689. The molecule has 0 aliphatic heterocycles. The second-order valence-corrected chi connectivity index (χ2v) is 4.79. The minimum Gasteiger partial charge on any atom is -0.363 e. The molecule has 0 fully saturated rings. The molecule has 5 heteroatoms. The standard InChI is InChI=1S/C16H16N4O/c1-20(2)15-9-13(6-7-18-15)11-19-16(21)14-5-3-4-12(8-14)10-17/h3-9H,11H2,1-2H3,(H,19,21). The van der Waals surface area contributed by atoms with E-state index in [1.807, 2.05) is 37.2 Å². The van der Waals surface area contributed by atoms with E-state index in [-0.39, 0.29) is 5.91 Å². The van der Waals surface area contributed by atoms with Gasteiger partial charge in [-0.25, -0.2) is 4.98 Å². The Morgan fingerprint density at radius 2 is 2.14 bits per heavy atom. The highest BCUT2D eigenvalue weighted by Crippen LogP contribution is 2.10. The molecule has 0 atom stereocenters. The molecular formula is C16H16N4O. The van der Waals surface area contributed by atoms with E-state index in [0.717, 1.165) is 11.4 Å². The number of benzene rings is 1. The van der Waals surface area contributed by atoms with Crippen LogP contribution in [0.1, 0.15) is 21.5 Å². The summed E-state index contributed by atoms with van der Waals surface area (Å²) >= 11 is 0. The fourth-order valence-electron chi connectivity index (χ4n) is 1.83. The zero-order chi connectivity index (χ0) is 15.2. The van der Waals surface area contributed by atoms with E-state index in [0.29, 0.717) is 17.7 Å². The molecule has 0 bridgehead atoms. The van der Waals surface area contributed by atoms with Crippen LogP contribution < -0.4 is 10.2 Å². The second-order valence-electron chi connectivity index (χ2n) is 4.79. The Morgan fingerprint density at radius 1 is 1.33 bits per heavy atom. The Balaban J connectivity index is 2.04. The van der Waals surface area contributed by atoms with Crippen molar-refractivity contribution in [2.45, 2.75) is 6.54 Å². The number of carbonyl (C=O) groups excluding carboxylic acids is 1. The van der Waals surface area contributed by atoms with E-state index in [1.165, 1.54) is 0 Å². The minimum absolute atomic E-state index is 0.199. The summed E-state index contributed by atoms with van der Waals surface area (Å²) in [6.07, 6.45) is 1.72. The summed E-state index contributed by atoms with van der Waals surface area (Å²) in [5, 5.41) is 11.7. The number of pyridine rings is 1. The lowest BCUT2D eigenvalue weighted by Crippen LogP contribution is -2.23. The van der Waals surface area contributed by atoms with Crippen molar-refractivity contribution in [3.05, 3.63) is 59.3 Å². The fraction of sp³-hybridized carbons (Fsp3) is 0.188. The third-order valence-electron chi connectivity index (χ3n) is 2.98. The fourth-order valence-corrected chi connectivity index (χ4v) is 1.83. The maximum atomic E-state index is 12.1. The molecule has 2 aromatic rings. The van der Waals surface area contributed by atoms with Crippen molar-refractivity contribution in [1.82, 2.24) is 10.3 Å². The third kappa shape index (κ3) is 3.80. The number of nitrogens with one attached hydrogen (secondary N) is 1. The van der Waals surface area contributed by atoms with Gasteiger partial charge in [-0.1, -0.05) is 6.07 Å². The average molecular weight is 280 g/mol.